The Labute approximate surface area is 84.0 Å². The van der Waals surface area contributed by atoms with Gasteiger partial charge in [0.1, 0.15) is 5.71 Å². The second-order valence-electron chi connectivity index (χ2n) is 2.28. The first-order valence-electron chi connectivity index (χ1n) is 3.55. The molecular weight excluding hydrogens is 208 g/mol. The number of hydrogen-bond acceptors (Lipinski definition) is 5. The van der Waals surface area contributed by atoms with Crippen molar-refractivity contribution in [3.05, 3.63) is 22.5 Å². The van der Waals surface area contributed by atoms with Crippen molar-refractivity contribution in [1.82, 2.24) is 9.97 Å². The predicted octanol–water partition coefficient (Wildman–Crippen LogP) is 1.52. The Morgan fingerprint density at radius 2 is 2.29 bits per heavy atom. The minimum Gasteiger partial charge on any atom is -0.262 e. The number of nitroso groups, excluding NO2 is 1. The van der Waals surface area contributed by atoms with Crippen LogP contribution in [0.1, 0.15) is 6.92 Å². The molecule has 14 heavy (non-hydrogen) atoms. The Kier molecular flexibility index (Phi) is 3.35. The molecule has 0 saturated carbocycles. The zero-order valence-electron chi connectivity index (χ0n) is 7.14. The minimum atomic E-state index is -0.931. The van der Waals surface area contributed by atoms with Crippen LogP contribution in [-0.2, 0) is 4.79 Å². The summed E-state index contributed by atoms with van der Waals surface area (Å²) in [7, 11) is 0. The van der Waals surface area contributed by atoms with E-state index in [9.17, 15) is 9.70 Å². The number of carbonyl (C=O) groups excluding carboxylic acids is 1. The van der Waals surface area contributed by atoms with Crippen molar-refractivity contribution in [2.75, 3.05) is 0 Å². The maximum Gasteiger partial charge on any atom is 0.330 e. The van der Waals surface area contributed by atoms with Gasteiger partial charge in [0.2, 0.25) is 5.28 Å². The average Bonchev–Trinajstić information content (AvgIpc) is 2.16. The molecule has 0 spiro atoms. The summed E-state index contributed by atoms with van der Waals surface area (Å²) in [5.41, 5.74) is -0.0465. The molecule has 7 heteroatoms. The van der Waals surface area contributed by atoms with E-state index < -0.39 is 5.91 Å². The summed E-state index contributed by atoms with van der Waals surface area (Å²) in [6.45, 7) is 1.36. The molecule has 1 heterocycles. The molecule has 0 aliphatic rings. The second kappa shape index (κ2) is 4.52. The summed E-state index contributed by atoms with van der Waals surface area (Å²) < 4.78 is 0. The summed E-state index contributed by atoms with van der Waals surface area (Å²) in [6, 6.07) is 1.45. The van der Waals surface area contributed by atoms with Crippen LogP contribution in [0.2, 0.25) is 5.28 Å². The lowest BCUT2D eigenvalue weighted by Gasteiger charge is -1.93. The Bertz CT molecular complexity index is 404. The number of rotatable bonds is 2. The average molecular weight is 213 g/mol. The number of nitrogens with zero attached hydrogens (tertiary/aromatic N) is 4. The van der Waals surface area contributed by atoms with Gasteiger partial charge in [-0.25, -0.2) is 9.98 Å². The molecule has 1 aromatic rings. The van der Waals surface area contributed by atoms with Crippen LogP contribution in [0.3, 0.4) is 0 Å². The van der Waals surface area contributed by atoms with Gasteiger partial charge in [0.15, 0.2) is 5.82 Å². The molecule has 0 bridgehead atoms. The maximum absolute atomic E-state index is 10.7. The zero-order valence-corrected chi connectivity index (χ0v) is 7.89. The summed E-state index contributed by atoms with van der Waals surface area (Å²) in [6.07, 6.45) is 1.39. The van der Waals surface area contributed by atoms with E-state index >= 15 is 0 Å². The normalized spacial score (nSPS) is 11.1. The van der Waals surface area contributed by atoms with E-state index in [-0.39, 0.29) is 16.8 Å². The highest BCUT2D eigenvalue weighted by Crippen LogP contribution is 2.09. The van der Waals surface area contributed by atoms with Crippen LogP contribution in [0.25, 0.3) is 0 Å². The minimum absolute atomic E-state index is 0.0190. The second-order valence-corrected chi connectivity index (χ2v) is 2.62. The molecule has 1 rings (SSSR count). The molecular formula is C7H5ClN4O2. The number of carbonyl (C=O) groups is 1. The van der Waals surface area contributed by atoms with Crippen molar-refractivity contribution in [3.63, 3.8) is 0 Å². The monoisotopic (exact) mass is 212 g/mol. The molecule has 0 N–H and O–H groups in total. The van der Waals surface area contributed by atoms with Crippen molar-refractivity contribution in [2.24, 2.45) is 10.2 Å². The van der Waals surface area contributed by atoms with E-state index in [0.29, 0.717) is 0 Å². The van der Waals surface area contributed by atoms with E-state index in [1.165, 1.54) is 19.2 Å². The van der Waals surface area contributed by atoms with Gasteiger partial charge in [-0.05, 0) is 18.5 Å². The lowest BCUT2D eigenvalue weighted by Crippen LogP contribution is -2.05. The molecule has 6 nitrogen and oxygen atoms in total. The third kappa shape index (κ3) is 2.67. The van der Waals surface area contributed by atoms with E-state index in [4.69, 9.17) is 11.6 Å². The lowest BCUT2D eigenvalue weighted by atomic mass is 10.4. The fourth-order valence-corrected chi connectivity index (χ4v) is 0.817. The fraction of sp³-hybridized carbons (Fsp3) is 0.143. The van der Waals surface area contributed by atoms with Crippen LogP contribution >= 0.6 is 11.6 Å². The fourth-order valence-electron chi connectivity index (χ4n) is 0.674. The van der Waals surface area contributed by atoms with Gasteiger partial charge in [0.05, 0.1) is 0 Å². The van der Waals surface area contributed by atoms with Gasteiger partial charge in [-0.1, -0.05) is 0 Å². The van der Waals surface area contributed by atoms with Gasteiger partial charge in [-0.2, -0.15) is 4.98 Å². The molecule has 0 fully saturated rings. The molecule has 0 atom stereocenters. The number of hydrogen-bond donors (Lipinski definition) is 0. The van der Waals surface area contributed by atoms with E-state index in [1.54, 1.807) is 0 Å². The van der Waals surface area contributed by atoms with Gasteiger partial charge in [0, 0.05) is 17.4 Å². The number of aliphatic imine (C=N–C) groups is 1. The Balaban J connectivity index is 2.97. The molecule has 1 aromatic heterocycles. The topological polar surface area (TPSA) is 84.6 Å². The quantitative estimate of drug-likeness (QED) is 0.423. The number of halogens is 1. The molecule has 0 unspecified atom stereocenters. The standard InChI is InChI=1S/C7H5ClN4O2/c1-4(6(13)12-14)10-5-2-3-9-7(8)11-5/h2-3H,1H3/b10-4+. The van der Waals surface area contributed by atoms with Crippen LogP contribution in [0.15, 0.2) is 22.4 Å². The summed E-state index contributed by atoms with van der Waals surface area (Å²) in [4.78, 5) is 31.6. The Hall–Kier alpha value is -1.69. The molecule has 0 saturated heterocycles. The van der Waals surface area contributed by atoms with E-state index in [1.807, 2.05) is 0 Å². The number of amides is 1. The van der Waals surface area contributed by atoms with E-state index in [2.05, 4.69) is 20.1 Å². The SMILES string of the molecule is C/C(=N\c1ccnc(Cl)n1)C(=O)N=O. The smallest absolute Gasteiger partial charge is 0.262 e. The van der Waals surface area contributed by atoms with Gasteiger partial charge in [-0.15, -0.1) is 4.91 Å². The van der Waals surface area contributed by atoms with Crippen molar-refractivity contribution in [1.29, 1.82) is 0 Å². The Morgan fingerprint density at radius 3 is 2.86 bits per heavy atom. The largest absolute Gasteiger partial charge is 0.330 e. The van der Waals surface area contributed by atoms with Gasteiger partial charge >= 0.3 is 5.91 Å². The van der Waals surface area contributed by atoms with Crippen LogP contribution in [0.5, 0.6) is 0 Å². The zero-order chi connectivity index (χ0) is 10.6. The molecule has 72 valence electrons. The van der Waals surface area contributed by atoms with E-state index in [0.717, 1.165) is 0 Å². The molecule has 0 aliphatic heterocycles. The van der Waals surface area contributed by atoms with Crippen molar-refractivity contribution < 1.29 is 4.79 Å². The third-order valence-corrected chi connectivity index (χ3v) is 1.47. The third-order valence-electron chi connectivity index (χ3n) is 1.29. The predicted molar refractivity (Wildman–Crippen MR) is 50.6 cm³/mol. The number of aromatic nitrogens is 2. The highest BCUT2D eigenvalue weighted by atomic mass is 35.5. The van der Waals surface area contributed by atoms with Gasteiger partial charge in [0.25, 0.3) is 0 Å². The molecule has 0 radical (unpaired) electrons. The highest BCUT2D eigenvalue weighted by Gasteiger charge is 2.05. The first kappa shape index (κ1) is 10.4. The maximum atomic E-state index is 10.7. The highest BCUT2D eigenvalue weighted by molar-refractivity contribution is 6.38. The molecule has 1 amide bonds. The van der Waals surface area contributed by atoms with Crippen LogP contribution in [-0.4, -0.2) is 21.6 Å². The summed E-state index contributed by atoms with van der Waals surface area (Å²) in [5, 5.41) is 2.23. The lowest BCUT2D eigenvalue weighted by molar-refractivity contribution is -0.111. The van der Waals surface area contributed by atoms with Gasteiger partial charge < -0.3 is 0 Å². The van der Waals surface area contributed by atoms with Crippen LogP contribution < -0.4 is 0 Å². The summed E-state index contributed by atoms with van der Waals surface area (Å²) >= 11 is 5.48. The first-order chi connectivity index (χ1) is 6.63. The Morgan fingerprint density at radius 1 is 1.57 bits per heavy atom. The van der Waals surface area contributed by atoms with Crippen molar-refractivity contribution in [3.8, 4) is 0 Å². The van der Waals surface area contributed by atoms with Crippen molar-refractivity contribution in [2.45, 2.75) is 6.92 Å². The summed E-state index contributed by atoms with van der Waals surface area (Å²) in [5.74, 6) is -0.723. The molecule has 0 aromatic carbocycles. The van der Waals surface area contributed by atoms with Crippen molar-refractivity contribution >= 4 is 29.0 Å². The molecule has 0 aliphatic carbocycles. The van der Waals surface area contributed by atoms with Crippen LogP contribution in [0.4, 0.5) is 5.82 Å². The first-order valence-corrected chi connectivity index (χ1v) is 3.93. The van der Waals surface area contributed by atoms with Gasteiger partial charge in [-0.3, -0.25) is 4.79 Å². The van der Waals surface area contributed by atoms with Crippen LogP contribution in [0, 0.1) is 4.91 Å².